The first kappa shape index (κ1) is 20.7. The minimum absolute atomic E-state index is 0.619. The minimum atomic E-state index is -0.683. The van der Waals surface area contributed by atoms with E-state index in [1.54, 1.807) is 0 Å². The standard InChI is InChI=1S/C13H27.C6H8N3.Sn/c1-4-7-10-13(11-8-5-2)12-9-6-3;1-9(2)6-7-4-3-5-8-6;/h4-12H2,1-3H3;4-5H,1-2H3;. The molecule has 0 saturated heterocycles. The molecule has 130 valence electrons. The van der Waals surface area contributed by atoms with Crippen molar-refractivity contribution in [3.05, 3.63) is 12.4 Å². The fourth-order valence-corrected chi connectivity index (χ4v) is 8.10. The molecule has 1 rings (SSSR count). The van der Waals surface area contributed by atoms with Crippen LogP contribution in [0.1, 0.15) is 78.6 Å². The third kappa shape index (κ3) is 7.40. The van der Waals surface area contributed by atoms with Gasteiger partial charge >= 0.3 is 154 Å². The molecule has 0 aliphatic rings. The van der Waals surface area contributed by atoms with Gasteiger partial charge in [0.05, 0.1) is 0 Å². The average molecular weight is 424 g/mol. The van der Waals surface area contributed by atoms with Crippen LogP contribution in [0.5, 0.6) is 0 Å². The molecule has 23 heavy (non-hydrogen) atoms. The number of anilines is 1. The number of unbranched alkanes of at least 4 members (excludes halogenated alkanes) is 3. The summed E-state index contributed by atoms with van der Waals surface area (Å²) in [6.45, 7) is 6.97. The van der Waals surface area contributed by atoms with Crippen LogP contribution in [0.4, 0.5) is 5.95 Å². The zero-order chi connectivity index (χ0) is 17.1. The van der Waals surface area contributed by atoms with Crippen molar-refractivity contribution in [3.63, 3.8) is 0 Å². The summed E-state index contributed by atoms with van der Waals surface area (Å²) < 4.78 is 2.09. The van der Waals surface area contributed by atoms with E-state index >= 15 is 0 Å². The van der Waals surface area contributed by atoms with Crippen LogP contribution in [0.2, 0.25) is 3.43 Å². The molecule has 0 spiro atoms. The Labute approximate surface area is 153 Å². The summed E-state index contributed by atoms with van der Waals surface area (Å²) in [5.74, 6) is 0.828. The first-order valence-corrected chi connectivity index (χ1v) is 12.2. The van der Waals surface area contributed by atoms with Crippen molar-refractivity contribution < 1.29 is 0 Å². The number of nitrogens with zero attached hydrogens (tertiary/aromatic N) is 3. The predicted molar refractivity (Wildman–Crippen MR) is 103 cm³/mol. The SMILES string of the molecule is CCCC[C](CCCC)(CCCC)[Sn][c]1cnc(N(C)C)nc1. The number of hydrogen-bond donors (Lipinski definition) is 0. The van der Waals surface area contributed by atoms with Gasteiger partial charge < -0.3 is 0 Å². The van der Waals surface area contributed by atoms with Gasteiger partial charge in [-0.15, -0.1) is 0 Å². The van der Waals surface area contributed by atoms with Crippen LogP contribution in [0.25, 0.3) is 0 Å². The van der Waals surface area contributed by atoms with Crippen LogP contribution in [0.15, 0.2) is 12.4 Å². The number of rotatable bonds is 12. The Hall–Kier alpha value is -0.321. The molecule has 3 nitrogen and oxygen atoms in total. The van der Waals surface area contributed by atoms with E-state index in [0.29, 0.717) is 3.43 Å². The monoisotopic (exact) mass is 425 g/mol. The van der Waals surface area contributed by atoms with Crippen LogP contribution in [0, 0.1) is 0 Å². The van der Waals surface area contributed by atoms with Gasteiger partial charge in [-0.3, -0.25) is 0 Å². The first-order chi connectivity index (χ1) is 11.1. The van der Waals surface area contributed by atoms with E-state index in [1.165, 1.54) is 61.4 Å². The van der Waals surface area contributed by atoms with Crippen molar-refractivity contribution in [2.45, 2.75) is 82.0 Å². The summed E-state index contributed by atoms with van der Waals surface area (Å²) in [6.07, 6.45) is 16.6. The molecule has 1 aromatic rings. The molecule has 0 saturated carbocycles. The van der Waals surface area contributed by atoms with Gasteiger partial charge in [-0.25, -0.2) is 0 Å². The third-order valence-corrected chi connectivity index (χ3v) is 9.69. The molecule has 0 aliphatic heterocycles. The average Bonchev–Trinajstić information content (AvgIpc) is 2.56. The van der Waals surface area contributed by atoms with Gasteiger partial charge in [0.25, 0.3) is 0 Å². The molecule has 0 aromatic carbocycles. The summed E-state index contributed by atoms with van der Waals surface area (Å²) in [7, 11) is 4.01. The molecule has 0 N–H and O–H groups in total. The molecule has 4 heteroatoms. The summed E-state index contributed by atoms with van der Waals surface area (Å²) in [4.78, 5) is 11.1. The normalized spacial score (nSPS) is 11.7. The molecular formula is C19H35N3Sn. The van der Waals surface area contributed by atoms with Gasteiger partial charge in [-0.1, -0.05) is 0 Å². The molecule has 0 fully saturated rings. The Morgan fingerprint density at radius 3 is 1.65 bits per heavy atom. The predicted octanol–water partition coefficient (Wildman–Crippen LogP) is 4.60. The van der Waals surface area contributed by atoms with Gasteiger partial charge in [0.1, 0.15) is 0 Å². The van der Waals surface area contributed by atoms with E-state index in [0.717, 1.165) is 5.95 Å². The Bertz CT molecular complexity index is 395. The maximum absolute atomic E-state index is 4.56. The van der Waals surface area contributed by atoms with Crippen molar-refractivity contribution >= 4 is 30.7 Å². The van der Waals surface area contributed by atoms with Gasteiger partial charge in [0, 0.05) is 0 Å². The molecule has 1 aromatic heterocycles. The van der Waals surface area contributed by atoms with Crippen LogP contribution >= 0.6 is 0 Å². The van der Waals surface area contributed by atoms with Crippen molar-refractivity contribution in [1.29, 1.82) is 0 Å². The van der Waals surface area contributed by atoms with Crippen LogP contribution < -0.4 is 8.48 Å². The first-order valence-electron chi connectivity index (χ1n) is 9.34. The van der Waals surface area contributed by atoms with E-state index in [-0.39, 0.29) is 0 Å². The van der Waals surface area contributed by atoms with E-state index in [4.69, 9.17) is 0 Å². The van der Waals surface area contributed by atoms with E-state index < -0.39 is 21.1 Å². The molecule has 0 amide bonds. The fraction of sp³-hybridized carbons (Fsp3) is 0.789. The molecule has 0 unspecified atom stereocenters. The summed E-state index contributed by atoms with van der Waals surface area (Å²) >= 11 is -0.683. The van der Waals surface area contributed by atoms with Crippen LogP contribution in [0.3, 0.4) is 0 Å². The van der Waals surface area contributed by atoms with Gasteiger partial charge in [-0.05, 0) is 0 Å². The topological polar surface area (TPSA) is 29.0 Å². The number of hydrogen-bond acceptors (Lipinski definition) is 3. The molecule has 0 aliphatic carbocycles. The van der Waals surface area contributed by atoms with Gasteiger partial charge in [0.2, 0.25) is 0 Å². The zero-order valence-electron chi connectivity index (χ0n) is 15.9. The Morgan fingerprint density at radius 2 is 1.30 bits per heavy atom. The fourth-order valence-electron chi connectivity index (χ4n) is 3.03. The van der Waals surface area contributed by atoms with Crippen LogP contribution in [-0.2, 0) is 0 Å². The Morgan fingerprint density at radius 1 is 0.870 bits per heavy atom. The summed E-state index contributed by atoms with van der Waals surface area (Å²) in [5, 5.41) is 0. The zero-order valence-corrected chi connectivity index (χ0v) is 18.7. The van der Waals surface area contributed by atoms with Crippen molar-refractivity contribution in [2.24, 2.45) is 0 Å². The molecule has 0 bridgehead atoms. The second-order valence-corrected chi connectivity index (χ2v) is 12.3. The summed E-state index contributed by atoms with van der Waals surface area (Å²) in [5.41, 5.74) is 0. The van der Waals surface area contributed by atoms with Crippen LogP contribution in [-0.4, -0.2) is 45.2 Å². The van der Waals surface area contributed by atoms with Crippen molar-refractivity contribution in [1.82, 2.24) is 9.97 Å². The third-order valence-electron chi connectivity index (χ3n) is 4.47. The van der Waals surface area contributed by atoms with Gasteiger partial charge in [-0.2, -0.15) is 0 Å². The van der Waals surface area contributed by atoms with E-state index in [9.17, 15) is 0 Å². The Balaban J connectivity index is 2.90. The van der Waals surface area contributed by atoms with E-state index in [1.807, 2.05) is 19.0 Å². The maximum atomic E-state index is 4.56. The molecular weight excluding hydrogens is 389 g/mol. The van der Waals surface area contributed by atoms with E-state index in [2.05, 4.69) is 43.1 Å². The number of aromatic nitrogens is 2. The quantitative estimate of drug-likeness (QED) is 0.460. The van der Waals surface area contributed by atoms with Gasteiger partial charge in [0.15, 0.2) is 0 Å². The second-order valence-electron chi connectivity index (χ2n) is 6.88. The summed E-state index contributed by atoms with van der Waals surface area (Å²) in [6, 6.07) is 0. The van der Waals surface area contributed by atoms with Crippen molar-refractivity contribution in [2.75, 3.05) is 19.0 Å². The molecule has 2 radical (unpaired) electrons. The molecule has 0 atom stereocenters. The second kappa shape index (κ2) is 11.3. The molecule has 1 heterocycles. The van der Waals surface area contributed by atoms with Crippen molar-refractivity contribution in [3.8, 4) is 0 Å². The Kier molecular flexibility index (Phi) is 10.2.